The first-order chi connectivity index (χ1) is 14.6. The quantitative estimate of drug-likeness (QED) is 0.190. The summed E-state index contributed by atoms with van der Waals surface area (Å²) in [7, 11) is 0. The van der Waals surface area contributed by atoms with Crippen LogP contribution in [-0.4, -0.2) is 24.3 Å². The maximum Gasteiger partial charge on any atom is 0.165 e. The van der Waals surface area contributed by atoms with Crippen LogP contribution in [0.2, 0.25) is 0 Å². The van der Waals surface area contributed by atoms with Gasteiger partial charge >= 0.3 is 0 Å². The number of allylic oxidation sites excluding steroid dienone is 1. The van der Waals surface area contributed by atoms with Crippen LogP contribution in [0.4, 0.5) is 17.3 Å². The third-order valence-corrected chi connectivity index (χ3v) is 5.45. The minimum atomic E-state index is 0.329. The second-order valence-corrected chi connectivity index (χ2v) is 7.75. The van der Waals surface area contributed by atoms with Gasteiger partial charge in [0.1, 0.15) is 5.82 Å². The van der Waals surface area contributed by atoms with Gasteiger partial charge < -0.3 is 32.9 Å². The molecule has 0 bridgehead atoms. The summed E-state index contributed by atoms with van der Waals surface area (Å²) >= 11 is 0. The van der Waals surface area contributed by atoms with Crippen molar-refractivity contribution >= 4 is 23.5 Å². The molecular formula is C22H32N8. The van der Waals surface area contributed by atoms with Crippen molar-refractivity contribution < 1.29 is 0 Å². The molecule has 0 unspecified atom stereocenters. The molecule has 0 spiro atoms. The first-order valence-electron chi connectivity index (χ1n) is 10.3. The fourth-order valence-corrected chi connectivity index (χ4v) is 3.84. The zero-order valence-electron chi connectivity index (χ0n) is 17.2. The number of benzene rings is 1. The van der Waals surface area contributed by atoms with Gasteiger partial charge in [0.05, 0.1) is 5.69 Å². The summed E-state index contributed by atoms with van der Waals surface area (Å²) in [4.78, 5) is 4.06. The molecule has 1 aromatic heterocycles. The van der Waals surface area contributed by atoms with Crippen molar-refractivity contribution in [2.75, 3.05) is 30.0 Å². The van der Waals surface area contributed by atoms with Crippen molar-refractivity contribution in [3.8, 4) is 0 Å². The van der Waals surface area contributed by atoms with Crippen molar-refractivity contribution in [1.82, 2.24) is 15.6 Å². The molecule has 3 rings (SSSR count). The summed E-state index contributed by atoms with van der Waals surface area (Å²) in [5, 5.41) is 14.5. The first-order valence-corrected chi connectivity index (χ1v) is 10.3. The number of pyridine rings is 1. The third kappa shape index (κ3) is 5.95. The Morgan fingerprint density at radius 1 is 1.20 bits per heavy atom. The summed E-state index contributed by atoms with van der Waals surface area (Å²) in [6, 6.07) is 10.4. The summed E-state index contributed by atoms with van der Waals surface area (Å²) < 4.78 is 0. The Morgan fingerprint density at radius 3 is 2.70 bits per heavy atom. The van der Waals surface area contributed by atoms with E-state index in [0.29, 0.717) is 30.3 Å². The number of anilines is 3. The van der Waals surface area contributed by atoms with E-state index in [-0.39, 0.29) is 0 Å². The zero-order valence-corrected chi connectivity index (χ0v) is 17.2. The molecule has 160 valence electrons. The van der Waals surface area contributed by atoms with E-state index in [1.165, 1.54) is 30.2 Å². The number of nitrogen functional groups attached to an aromatic ring is 3. The predicted molar refractivity (Wildman–Crippen MR) is 124 cm³/mol. The average molecular weight is 409 g/mol. The highest BCUT2D eigenvalue weighted by atomic mass is 15.3. The molecule has 1 aliphatic rings. The van der Waals surface area contributed by atoms with Gasteiger partial charge in [-0.25, -0.2) is 10.8 Å². The number of nitrogens with zero attached hydrogens (tertiary/aromatic N) is 1. The number of hydrazine groups is 1. The van der Waals surface area contributed by atoms with Crippen LogP contribution in [-0.2, 0) is 19.4 Å². The predicted octanol–water partition coefficient (Wildman–Crippen LogP) is 1.94. The van der Waals surface area contributed by atoms with Gasteiger partial charge in [-0.15, -0.1) is 0 Å². The fourth-order valence-electron chi connectivity index (χ4n) is 3.84. The lowest BCUT2D eigenvalue weighted by Crippen LogP contribution is -2.28. The first kappa shape index (κ1) is 21.6. The van der Waals surface area contributed by atoms with E-state index in [2.05, 4.69) is 45.3 Å². The van der Waals surface area contributed by atoms with E-state index in [1.54, 1.807) is 6.07 Å². The summed E-state index contributed by atoms with van der Waals surface area (Å²) in [6.45, 7) is 2.94. The molecule has 0 atom stereocenters. The molecule has 1 aliphatic heterocycles. The lowest BCUT2D eigenvalue weighted by Gasteiger charge is -2.22. The molecule has 0 amide bonds. The highest BCUT2D eigenvalue weighted by molar-refractivity contribution is 5.78. The second kappa shape index (κ2) is 10.6. The Bertz CT molecular complexity index is 887. The number of hydrogen-bond donors (Lipinski definition) is 7. The van der Waals surface area contributed by atoms with Gasteiger partial charge in [-0.1, -0.05) is 24.3 Å². The summed E-state index contributed by atoms with van der Waals surface area (Å²) in [5.41, 5.74) is 19.0. The number of nitrogens with one attached hydrogen (secondary N) is 4. The van der Waals surface area contributed by atoms with Crippen LogP contribution < -0.4 is 33.4 Å². The average Bonchev–Trinajstić information content (AvgIpc) is 2.76. The number of nitrogens with two attached hydrogens (primary N) is 3. The molecule has 0 aliphatic carbocycles. The van der Waals surface area contributed by atoms with Crippen LogP contribution in [0.25, 0.3) is 0 Å². The fraction of sp³-hybridized carbons (Fsp3) is 0.364. The Hall–Kier alpha value is -3.10. The van der Waals surface area contributed by atoms with Crippen molar-refractivity contribution in [3.05, 3.63) is 58.8 Å². The van der Waals surface area contributed by atoms with E-state index < -0.39 is 0 Å². The molecule has 8 nitrogen and oxygen atoms in total. The number of aromatic nitrogens is 1. The molecule has 1 saturated heterocycles. The van der Waals surface area contributed by atoms with Gasteiger partial charge in [0.25, 0.3) is 0 Å². The maximum absolute atomic E-state index is 7.73. The number of hydrogen-bond acceptors (Lipinski definition) is 8. The number of rotatable bonds is 9. The van der Waals surface area contributed by atoms with E-state index in [9.17, 15) is 0 Å². The molecule has 1 fully saturated rings. The number of piperidine rings is 1. The van der Waals surface area contributed by atoms with Gasteiger partial charge in [-0.05, 0) is 66.6 Å². The van der Waals surface area contributed by atoms with E-state index in [0.717, 1.165) is 36.6 Å². The third-order valence-electron chi connectivity index (χ3n) is 5.45. The van der Waals surface area contributed by atoms with Crippen LogP contribution in [0.1, 0.15) is 29.5 Å². The van der Waals surface area contributed by atoms with Crippen molar-refractivity contribution in [2.24, 2.45) is 11.8 Å². The van der Waals surface area contributed by atoms with E-state index >= 15 is 0 Å². The maximum atomic E-state index is 7.73. The summed E-state index contributed by atoms with van der Waals surface area (Å²) in [5.74, 6) is 6.88. The summed E-state index contributed by atoms with van der Waals surface area (Å²) in [6.07, 6.45) is 7.25. The van der Waals surface area contributed by atoms with Crippen LogP contribution in [0, 0.1) is 11.3 Å². The molecule has 2 aromatic rings. The van der Waals surface area contributed by atoms with Gasteiger partial charge in [-0.2, -0.15) is 0 Å². The largest absolute Gasteiger partial charge is 0.395 e. The molecule has 8 heteroatoms. The van der Waals surface area contributed by atoms with Crippen LogP contribution in [0.5, 0.6) is 0 Å². The Morgan fingerprint density at radius 2 is 1.97 bits per heavy atom. The minimum absolute atomic E-state index is 0.329. The topological polar surface area (TPSA) is 151 Å². The Balaban J connectivity index is 1.60. The lowest BCUT2D eigenvalue weighted by molar-refractivity contribution is 0.372. The van der Waals surface area contributed by atoms with Crippen LogP contribution in [0.3, 0.4) is 0 Å². The monoisotopic (exact) mass is 408 g/mol. The molecule has 10 N–H and O–H groups in total. The lowest BCUT2D eigenvalue weighted by atomic mass is 9.90. The van der Waals surface area contributed by atoms with Gasteiger partial charge in [0.15, 0.2) is 5.82 Å². The van der Waals surface area contributed by atoms with Gasteiger partial charge in [0.2, 0.25) is 0 Å². The smallest absolute Gasteiger partial charge is 0.165 e. The Labute approximate surface area is 177 Å². The van der Waals surface area contributed by atoms with Crippen molar-refractivity contribution in [2.45, 2.75) is 32.2 Å². The molecule has 2 heterocycles. The van der Waals surface area contributed by atoms with Gasteiger partial charge in [-0.3, -0.25) is 0 Å². The SMILES string of the molecule is N=C/C(=C\NCc1cccc(CC2CCNCC2)c1)Cc1cc(N)nc(NN)c1N. The van der Waals surface area contributed by atoms with E-state index in [4.69, 9.17) is 22.7 Å². The van der Waals surface area contributed by atoms with Crippen LogP contribution in [0.15, 0.2) is 42.1 Å². The standard InChI is InChI=1S/C22H32N8/c23-12-18(10-19-11-20(24)29-22(30-26)21(19)25)14-28-13-17-3-1-2-16(9-17)8-15-4-6-27-7-5-15/h1-3,9,11-12,14-15,23,27-28H,4-8,10,13,25-26H2,(H3,24,29,30)/b18-14-,23-12?. The molecular weight excluding hydrogens is 376 g/mol. The molecule has 0 saturated carbocycles. The minimum Gasteiger partial charge on any atom is -0.395 e. The molecule has 1 aromatic carbocycles. The van der Waals surface area contributed by atoms with Crippen molar-refractivity contribution in [3.63, 3.8) is 0 Å². The molecule has 30 heavy (non-hydrogen) atoms. The van der Waals surface area contributed by atoms with Gasteiger partial charge in [0, 0.05) is 25.4 Å². The highest BCUT2D eigenvalue weighted by Crippen LogP contribution is 2.24. The Kier molecular flexibility index (Phi) is 7.64. The second-order valence-electron chi connectivity index (χ2n) is 7.75. The van der Waals surface area contributed by atoms with E-state index in [1.807, 2.05) is 6.20 Å². The van der Waals surface area contributed by atoms with Crippen molar-refractivity contribution in [1.29, 1.82) is 5.41 Å². The normalized spacial score (nSPS) is 15.0. The highest BCUT2D eigenvalue weighted by Gasteiger charge is 2.13. The van der Waals surface area contributed by atoms with Crippen LogP contribution >= 0.6 is 0 Å². The molecule has 0 radical (unpaired) electrons. The zero-order chi connectivity index (χ0) is 21.3.